The Kier molecular flexibility index (Phi) is 2.94. The van der Waals surface area contributed by atoms with E-state index in [0.29, 0.717) is 5.25 Å². The summed E-state index contributed by atoms with van der Waals surface area (Å²) in [5, 5.41) is 4.73. The van der Waals surface area contributed by atoms with E-state index < -0.39 is 0 Å². The molecule has 1 atom stereocenters. The molecule has 0 spiro atoms. The van der Waals surface area contributed by atoms with Crippen LogP contribution in [0.25, 0.3) is 5.57 Å². The molecule has 0 amide bonds. The number of hydrogen-bond acceptors (Lipinski definition) is 2. The van der Waals surface area contributed by atoms with Crippen molar-refractivity contribution in [1.29, 1.82) is 0 Å². The molecule has 0 aromatic carbocycles. The molecule has 14 heavy (non-hydrogen) atoms. The minimum absolute atomic E-state index is 0.504. The van der Waals surface area contributed by atoms with E-state index in [1.54, 1.807) is 11.3 Å². The summed E-state index contributed by atoms with van der Waals surface area (Å²) in [6.07, 6.45) is 3.29. The minimum atomic E-state index is 0.504. The van der Waals surface area contributed by atoms with Crippen molar-refractivity contribution in [1.82, 2.24) is 0 Å². The van der Waals surface area contributed by atoms with Crippen molar-refractivity contribution in [3.8, 4) is 0 Å². The molecule has 0 nitrogen and oxygen atoms in total. The molecule has 1 aromatic rings. The average molecular weight is 220 g/mol. The average Bonchev–Trinajstić information content (AvgIpc) is 2.87. The van der Waals surface area contributed by atoms with Crippen LogP contribution in [0, 0.1) is 0 Å². The Morgan fingerprint density at radius 1 is 1.43 bits per heavy atom. The zero-order valence-electron chi connectivity index (χ0n) is 7.90. The largest absolute Gasteiger partial charge is 0.144 e. The molecule has 1 aliphatic heterocycles. The molecule has 1 unspecified atom stereocenters. The van der Waals surface area contributed by atoms with Crippen LogP contribution in [0.1, 0.15) is 11.3 Å². The summed E-state index contributed by atoms with van der Waals surface area (Å²) in [5.41, 5.74) is 2.27. The number of hydrogen-bond donors (Lipinski definition) is 0. The Balaban J connectivity index is 2.09. The first kappa shape index (κ1) is 9.81. The summed E-state index contributed by atoms with van der Waals surface area (Å²) >= 11 is 3.57. The highest BCUT2D eigenvalue weighted by Gasteiger charge is 2.17. The molecular weight excluding hydrogens is 208 g/mol. The second-order valence-electron chi connectivity index (χ2n) is 3.21. The lowest BCUT2D eigenvalue weighted by atomic mass is 10.0. The Hall–Kier alpha value is -0.730. The third-order valence-electron chi connectivity index (χ3n) is 2.28. The van der Waals surface area contributed by atoms with Gasteiger partial charge in [0.15, 0.2) is 0 Å². The van der Waals surface area contributed by atoms with Gasteiger partial charge in [0.1, 0.15) is 0 Å². The third kappa shape index (κ3) is 1.86. The van der Waals surface area contributed by atoms with Crippen LogP contribution in [0.5, 0.6) is 0 Å². The fraction of sp³-hybridized carbons (Fsp3) is 0.167. The maximum absolute atomic E-state index is 4.14. The van der Waals surface area contributed by atoms with Crippen LogP contribution in [0.3, 0.4) is 0 Å². The van der Waals surface area contributed by atoms with E-state index in [9.17, 15) is 0 Å². The van der Waals surface area contributed by atoms with Gasteiger partial charge in [-0.05, 0) is 34.4 Å². The second-order valence-corrected chi connectivity index (χ2v) is 5.27. The monoisotopic (exact) mass is 220 g/mol. The molecule has 1 aliphatic rings. The van der Waals surface area contributed by atoms with Gasteiger partial charge >= 0.3 is 0 Å². The van der Waals surface area contributed by atoms with Gasteiger partial charge in [-0.15, -0.1) is 23.1 Å². The van der Waals surface area contributed by atoms with Crippen LogP contribution in [-0.4, -0.2) is 5.25 Å². The van der Waals surface area contributed by atoms with Crippen molar-refractivity contribution in [2.75, 3.05) is 0 Å². The predicted octanol–water partition coefficient (Wildman–Crippen LogP) is 4.34. The van der Waals surface area contributed by atoms with Gasteiger partial charge in [0.25, 0.3) is 0 Å². The van der Waals surface area contributed by atoms with Crippen LogP contribution < -0.4 is 0 Å². The molecule has 72 valence electrons. The maximum Gasteiger partial charge on any atom is 0.0373 e. The molecule has 0 fully saturated rings. The van der Waals surface area contributed by atoms with Crippen LogP contribution in [0.15, 0.2) is 47.7 Å². The standard InChI is InChI=1S/C12H12S2/c1-9(11-5-3-7-13-11)10(2)12-6-4-8-14-12/h3-5,7-8,12H,1-2,6H2. The molecule has 0 saturated heterocycles. The molecule has 2 heterocycles. The van der Waals surface area contributed by atoms with E-state index >= 15 is 0 Å². The topological polar surface area (TPSA) is 0 Å². The predicted molar refractivity (Wildman–Crippen MR) is 67.6 cm³/mol. The summed E-state index contributed by atoms with van der Waals surface area (Å²) in [6.45, 7) is 8.25. The normalized spacial score (nSPS) is 19.9. The van der Waals surface area contributed by atoms with E-state index in [0.717, 1.165) is 12.0 Å². The van der Waals surface area contributed by atoms with E-state index in [1.165, 1.54) is 10.5 Å². The highest BCUT2D eigenvalue weighted by molar-refractivity contribution is 8.03. The Bertz CT molecular complexity index is 363. The van der Waals surface area contributed by atoms with Gasteiger partial charge in [0.05, 0.1) is 0 Å². The van der Waals surface area contributed by atoms with Crippen molar-refractivity contribution < 1.29 is 0 Å². The quantitative estimate of drug-likeness (QED) is 0.683. The third-order valence-corrected chi connectivity index (χ3v) is 4.37. The van der Waals surface area contributed by atoms with E-state index in [2.05, 4.69) is 42.2 Å². The fourth-order valence-electron chi connectivity index (χ4n) is 1.41. The Labute approximate surface area is 93.0 Å². The molecule has 1 aromatic heterocycles. The van der Waals surface area contributed by atoms with Gasteiger partial charge in [0.2, 0.25) is 0 Å². The van der Waals surface area contributed by atoms with Crippen LogP contribution in [-0.2, 0) is 0 Å². The molecule has 2 rings (SSSR count). The van der Waals surface area contributed by atoms with Crippen molar-refractivity contribution >= 4 is 28.7 Å². The Morgan fingerprint density at radius 3 is 2.86 bits per heavy atom. The molecule has 0 bridgehead atoms. The van der Waals surface area contributed by atoms with Crippen LogP contribution in [0.2, 0.25) is 0 Å². The zero-order valence-corrected chi connectivity index (χ0v) is 9.53. The smallest absolute Gasteiger partial charge is 0.0373 e. The van der Waals surface area contributed by atoms with Crippen molar-refractivity contribution in [2.45, 2.75) is 11.7 Å². The number of rotatable bonds is 3. The van der Waals surface area contributed by atoms with Gasteiger partial charge in [-0.25, -0.2) is 0 Å². The van der Waals surface area contributed by atoms with Gasteiger partial charge < -0.3 is 0 Å². The lowest BCUT2D eigenvalue weighted by Crippen LogP contribution is -2.01. The van der Waals surface area contributed by atoms with Gasteiger partial charge in [-0.2, -0.15) is 0 Å². The summed E-state index contributed by atoms with van der Waals surface area (Å²) in [7, 11) is 0. The summed E-state index contributed by atoms with van der Waals surface area (Å²) in [4.78, 5) is 1.24. The molecule has 0 aliphatic carbocycles. The lowest BCUT2D eigenvalue weighted by Gasteiger charge is -2.13. The lowest BCUT2D eigenvalue weighted by molar-refractivity contribution is 1.06. The molecule has 2 heteroatoms. The minimum Gasteiger partial charge on any atom is -0.144 e. The first-order valence-corrected chi connectivity index (χ1v) is 6.33. The van der Waals surface area contributed by atoms with E-state index in [1.807, 2.05) is 11.8 Å². The maximum atomic E-state index is 4.14. The summed E-state index contributed by atoms with van der Waals surface area (Å²) < 4.78 is 0. The molecule has 0 saturated carbocycles. The molecule has 0 radical (unpaired) electrons. The summed E-state index contributed by atoms with van der Waals surface area (Å²) in [6, 6.07) is 4.16. The van der Waals surface area contributed by atoms with E-state index in [-0.39, 0.29) is 0 Å². The zero-order chi connectivity index (χ0) is 9.97. The van der Waals surface area contributed by atoms with Gasteiger partial charge in [0, 0.05) is 10.1 Å². The molecule has 0 N–H and O–H groups in total. The van der Waals surface area contributed by atoms with E-state index in [4.69, 9.17) is 0 Å². The number of thioether (sulfide) groups is 1. The fourth-order valence-corrected chi connectivity index (χ4v) is 3.09. The van der Waals surface area contributed by atoms with Crippen molar-refractivity contribution in [2.24, 2.45) is 0 Å². The van der Waals surface area contributed by atoms with Crippen LogP contribution in [0.4, 0.5) is 0 Å². The highest BCUT2D eigenvalue weighted by Crippen LogP contribution is 2.36. The number of allylic oxidation sites excluding steroid dienone is 2. The van der Waals surface area contributed by atoms with Crippen molar-refractivity contribution in [3.63, 3.8) is 0 Å². The molecular formula is C12H12S2. The van der Waals surface area contributed by atoms with Crippen molar-refractivity contribution in [3.05, 3.63) is 52.6 Å². The number of thiophene rings is 1. The van der Waals surface area contributed by atoms with Gasteiger partial charge in [-0.1, -0.05) is 25.3 Å². The SMILES string of the molecule is C=C(C(=C)C1CC=CS1)c1cccs1. The van der Waals surface area contributed by atoms with Gasteiger partial charge in [-0.3, -0.25) is 0 Å². The highest BCUT2D eigenvalue weighted by atomic mass is 32.2. The first-order chi connectivity index (χ1) is 6.79. The van der Waals surface area contributed by atoms with Crippen LogP contribution >= 0.6 is 23.1 Å². The second kappa shape index (κ2) is 4.20. The Morgan fingerprint density at radius 2 is 2.29 bits per heavy atom. The summed E-state index contributed by atoms with van der Waals surface area (Å²) in [5.74, 6) is 0. The first-order valence-electron chi connectivity index (χ1n) is 4.51.